The van der Waals surface area contributed by atoms with Crippen LogP contribution in [0.3, 0.4) is 0 Å². The van der Waals surface area contributed by atoms with E-state index in [0.717, 1.165) is 10.9 Å². The maximum Gasteiger partial charge on any atom is 0.344 e. The molecule has 0 saturated heterocycles. The predicted octanol–water partition coefficient (Wildman–Crippen LogP) is 5.01. The minimum atomic E-state index is -0.530. The molecule has 4 aromatic rings. The SMILES string of the molecule is COc1ccc(C(=O)Oc2ccc3c(C)c(-c4ccc(OC)c(OC)c4)c(=O)oc3c2)cc1. The number of carbonyl (C=O) groups excluding carboxylic acids is 1. The second-order valence-electron chi connectivity index (χ2n) is 7.24. The number of fused-ring (bicyclic) bond motifs is 1. The van der Waals surface area contributed by atoms with Crippen LogP contribution in [0.1, 0.15) is 15.9 Å². The minimum Gasteiger partial charge on any atom is -0.497 e. The normalized spacial score (nSPS) is 10.7. The fourth-order valence-electron chi connectivity index (χ4n) is 3.62. The van der Waals surface area contributed by atoms with Gasteiger partial charge in [0.15, 0.2) is 11.5 Å². The van der Waals surface area contributed by atoms with Crippen molar-refractivity contribution >= 4 is 16.9 Å². The van der Waals surface area contributed by atoms with E-state index in [4.69, 9.17) is 23.4 Å². The Morgan fingerprint density at radius 2 is 1.48 bits per heavy atom. The summed E-state index contributed by atoms with van der Waals surface area (Å²) in [5, 5.41) is 0.726. The highest BCUT2D eigenvalue weighted by Gasteiger charge is 2.17. The summed E-state index contributed by atoms with van der Waals surface area (Å²) >= 11 is 0. The molecule has 0 aliphatic rings. The van der Waals surface area contributed by atoms with Crippen LogP contribution < -0.4 is 24.6 Å². The molecule has 3 aromatic carbocycles. The van der Waals surface area contributed by atoms with Crippen LogP contribution in [0.2, 0.25) is 0 Å². The van der Waals surface area contributed by atoms with Crippen LogP contribution in [0.15, 0.2) is 69.9 Å². The lowest BCUT2D eigenvalue weighted by atomic mass is 9.99. The van der Waals surface area contributed by atoms with E-state index >= 15 is 0 Å². The Morgan fingerprint density at radius 1 is 0.788 bits per heavy atom. The van der Waals surface area contributed by atoms with Crippen LogP contribution in [0, 0.1) is 6.92 Å². The highest BCUT2D eigenvalue weighted by Crippen LogP contribution is 2.34. The maximum atomic E-state index is 12.9. The Balaban J connectivity index is 1.69. The molecule has 0 saturated carbocycles. The standard InChI is InChI=1S/C26H22O7/c1-15-20-11-10-19(32-25(27)16-5-8-18(29-2)9-6-16)14-22(20)33-26(28)24(15)17-7-12-21(30-3)23(13-17)31-4/h5-14H,1-4H3. The molecular formula is C26H22O7. The van der Waals surface area contributed by atoms with Crippen molar-refractivity contribution < 1.29 is 28.2 Å². The van der Waals surface area contributed by atoms with Gasteiger partial charge in [-0.3, -0.25) is 0 Å². The average Bonchev–Trinajstić information content (AvgIpc) is 2.83. The lowest BCUT2D eigenvalue weighted by molar-refractivity contribution is 0.0735. The number of esters is 1. The van der Waals surface area contributed by atoms with E-state index in [-0.39, 0.29) is 5.75 Å². The number of rotatable bonds is 6. The lowest BCUT2D eigenvalue weighted by Crippen LogP contribution is -2.09. The number of aryl methyl sites for hydroxylation is 1. The van der Waals surface area contributed by atoms with Gasteiger partial charge in [0.05, 0.1) is 32.5 Å². The summed E-state index contributed by atoms with van der Waals surface area (Å²) in [5.74, 6) is 1.45. The van der Waals surface area contributed by atoms with E-state index in [2.05, 4.69) is 0 Å². The highest BCUT2D eigenvalue weighted by atomic mass is 16.5. The summed E-state index contributed by atoms with van der Waals surface area (Å²) < 4.78 is 26.8. The summed E-state index contributed by atoms with van der Waals surface area (Å²) in [6.45, 7) is 1.84. The Hall–Kier alpha value is -4.26. The smallest absolute Gasteiger partial charge is 0.344 e. The van der Waals surface area contributed by atoms with Crippen LogP contribution in [0.25, 0.3) is 22.1 Å². The van der Waals surface area contributed by atoms with Crippen LogP contribution in [0.5, 0.6) is 23.0 Å². The highest BCUT2D eigenvalue weighted by molar-refractivity contribution is 5.92. The van der Waals surface area contributed by atoms with Gasteiger partial charge in [0.1, 0.15) is 17.1 Å². The van der Waals surface area contributed by atoms with Crippen molar-refractivity contribution in [3.8, 4) is 34.1 Å². The molecule has 168 valence electrons. The van der Waals surface area contributed by atoms with Crippen molar-refractivity contribution in [2.45, 2.75) is 6.92 Å². The molecule has 0 fully saturated rings. The van der Waals surface area contributed by atoms with E-state index in [9.17, 15) is 9.59 Å². The molecule has 33 heavy (non-hydrogen) atoms. The van der Waals surface area contributed by atoms with Gasteiger partial charge in [-0.25, -0.2) is 9.59 Å². The summed E-state index contributed by atoms with van der Waals surface area (Å²) in [5.41, 5.74) is 1.99. The zero-order valence-corrected chi connectivity index (χ0v) is 18.6. The number of hydrogen-bond acceptors (Lipinski definition) is 7. The molecule has 0 spiro atoms. The fourth-order valence-corrected chi connectivity index (χ4v) is 3.62. The Morgan fingerprint density at radius 3 is 2.15 bits per heavy atom. The molecule has 4 rings (SSSR count). The number of hydrogen-bond donors (Lipinski definition) is 0. The van der Waals surface area contributed by atoms with Crippen LogP contribution in [0.4, 0.5) is 0 Å². The summed E-state index contributed by atoms with van der Waals surface area (Å²) in [7, 11) is 4.63. The maximum absolute atomic E-state index is 12.9. The molecular weight excluding hydrogens is 424 g/mol. The topological polar surface area (TPSA) is 84.2 Å². The first-order chi connectivity index (χ1) is 15.9. The van der Waals surface area contributed by atoms with Crippen molar-refractivity contribution in [2.75, 3.05) is 21.3 Å². The van der Waals surface area contributed by atoms with Gasteiger partial charge < -0.3 is 23.4 Å². The summed E-state index contributed by atoms with van der Waals surface area (Å²) in [4.78, 5) is 25.3. The first-order valence-corrected chi connectivity index (χ1v) is 10.1. The summed E-state index contributed by atoms with van der Waals surface area (Å²) in [6.07, 6.45) is 0. The van der Waals surface area contributed by atoms with Gasteiger partial charge in [-0.1, -0.05) is 6.07 Å². The first kappa shape index (κ1) is 22.0. The van der Waals surface area contributed by atoms with E-state index < -0.39 is 11.6 Å². The van der Waals surface area contributed by atoms with E-state index in [1.54, 1.807) is 68.8 Å². The second-order valence-corrected chi connectivity index (χ2v) is 7.24. The molecule has 0 N–H and O–H groups in total. The third-order valence-corrected chi connectivity index (χ3v) is 5.35. The van der Waals surface area contributed by atoms with E-state index in [1.807, 2.05) is 6.92 Å². The third kappa shape index (κ3) is 4.25. The monoisotopic (exact) mass is 446 g/mol. The van der Waals surface area contributed by atoms with Gasteiger partial charge >= 0.3 is 11.6 Å². The average molecular weight is 446 g/mol. The van der Waals surface area contributed by atoms with E-state index in [1.165, 1.54) is 13.2 Å². The third-order valence-electron chi connectivity index (χ3n) is 5.35. The molecule has 1 aromatic heterocycles. The van der Waals surface area contributed by atoms with Gasteiger partial charge in [0.2, 0.25) is 0 Å². The number of methoxy groups -OCH3 is 3. The van der Waals surface area contributed by atoms with Crippen LogP contribution in [-0.2, 0) is 0 Å². The largest absolute Gasteiger partial charge is 0.497 e. The Kier molecular flexibility index (Phi) is 6.04. The van der Waals surface area contributed by atoms with Crippen LogP contribution in [-0.4, -0.2) is 27.3 Å². The zero-order chi connectivity index (χ0) is 23.5. The van der Waals surface area contributed by atoms with Crippen molar-refractivity contribution in [1.29, 1.82) is 0 Å². The lowest BCUT2D eigenvalue weighted by Gasteiger charge is -2.12. The number of benzene rings is 3. The van der Waals surface area contributed by atoms with Gasteiger partial charge in [0, 0.05) is 11.5 Å². The van der Waals surface area contributed by atoms with Crippen molar-refractivity contribution in [1.82, 2.24) is 0 Å². The molecule has 0 aliphatic heterocycles. The number of ether oxygens (including phenoxy) is 4. The molecule has 0 radical (unpaired) electrons. The van der Waals surface area contributed by atoms with Crippen molar-refractivity contribution in [3.63, 3.8) is 0 Å². The quantitative estimate of drug-likeness (QED) is 0.234. The number of carbonyl (C=O) groups is 1. The van der Waals surface area contributed by atoms with Gasteiger partial charge in [0.25, 0.3) is 0 Å². The fraction of sp³-hybridized carbons (Fsp3) is 0.154. The molecule has 0 amide bonds. The molecule has 0 bridgehead atoms. The molecule has 1 heterocycles. The second kappa shape index (κ2) is 9.08. The van der Waals surface area contributed by atoms with Crippen molar-refractivity contribution in [2.24, 2.45) is 0 Å². The van der Waals surface area contributed by atoms with Gasteiger partial charge in [-0.05, 0) is 66.6 Å². The van der Waals surface area contributed by atoms with Gasteiger partial charge in [-0.2, -0.15) is 0 Å². The first-order valence-electron chi connectivity index (χ1n) is 10.1. The van der Waals surface area contributed by atoms with Gasteiger partial charge in [-0.15, -0.1) is 0 Å². The van der Waals surface area contributed by atoms with Crippen molar-refractivity contribution in [3.05, 3.63) is 82.2 Å². The minimum absolute atomic E-state index is 0.268. The summed E-state index contributed by atoms with van der Waals surface area (Å²) in [6, 6.07) is 16.8. The predicted molar refractivity (Wildman–Crippen MR) is 124 cm³/mol. The van der Waals surface area contributed by atoms with E-state index in [0.29, 0.717) is 39.5 Å². The molecule has 0 aliphatic carbocycles. The zero-order valence-electron chi connectivity index (χ0n) is 18.6. The molecule has 0 unspecified atom stereocenters. The molecule has 7 heteroatoms. The molecule has 0 atom stereocenters. The van der Waals surface area contributed by atoms with Crippen LogP contribution >= 0.6 is 0 Å². The Bertz CT molecular complexity index is 1380. The molecule has 7 nitrogen and oxygen atoms in total. The Labute approximate surface area is 190 Å².